The Balaban J connectivity index is 2.08. The summed E-state index contributed by atoms with van der Waals surface area (Å²) >= 11 is 0. The van der Waals surface area contributed by atoms with Gasteiger partial charge in [0.15, 0.2) is 0 Å². The summed E-state index contributed by atoms with van der Waals surface area (Å²) in [5, 5.41) is 8.79. The van der Waals surface area contributed by atoms with Crippen LogP contribution in [-0.2, 0) is 4.74 Å². The zero-order valence-corrected chi connectivity index (χ0v) is 12.1. The number of pyridine rings is 1. The molecule has 0 aliphatic heterocycles. The maximum Gasteiger partial charge on any atom is 0.128 e. The van der Waals surface area contributed by atoms with Crippen molar-refractivity contribution in [2.75, 3.05) is 18.6 Å². The molecular weight excluding hydrogens is 238 g/mol. The molecule has 1 fully saturated rings. The minimum absolute atomic E-state index is 0.125. The normalized spacial score (nSPS) is 24.4. The Morgan fingerprint density at radius 2 is 2.26 bits per heavy atom. The number of hydrogen-bond donors (Lipinski definition) is 0. The molecule has 1 aliphatic carbocycles. The Morgan fingerprint density at radius 3 is 2.74 bits per heavy atom. The lowest BCUT2D eigenvalue weighted by molar-refractivity contribution is -0.104. The van der Waals surface area contributed by atoms with Crippen LogP contribution < -0.4 is 4.90 Å². The molecule has 0 N–H and O–H groups in total. The Bertz CT molecular complexity index is 475. The van der Waals surface area contributed by atoms with E-state index in [0.717, 1.165) is 18.8 Å². The van der Waals surface area contributed by atoms with Gasteiger partial charge in [0.25, 0.3) is 0 Å². The summed E-state index contributed by atoms with van der Waals surface area (Å²) in [7, 11) is 2.06. The summed E-state index contributed by atoms with van der Waals surface area (Å²) in [6, 6.07) is 6.23. The van der Waals surface area contributed by atoms with E-state index in [2.05, 4.69) is 36.8 Å². The Labute approximate surface area is 115 Å². The van der Waals surface area contributed by atoms with Gasteiger partial charge in [0.2, 0.25) is 0 Å². The Kier molecular flexibility index (Phi) is 3.77. The number of ether oxygens (including phenoxy) is 1. The van der Waals surface area contributed by atoms with Gasteiger partial charge in [-0.25, -0.2) is 4.98 Å². The number of nitriles is 1. The average Bonchev–Trinajstić information content (AvgIpc) is 2.42. The average molecular weight is 259 g/mol. The molecule has 0 aromatic carbocycles. The van der Waals surface area contributed by atoms with E-state index in [9.17, 15) is 0 Å². The van der Waals surface area contributed by atoms with Crippen molar-refractivity contribution >= 4 is 5.82 Å². The molecule has 1 aromatic rings. The molecule has 102 valence electrons. The molecule has 0 saturated heterocycles. The third-order valence-corrected chi connectivity index (χ3v) is 4.20. The van der Waals surface area contributed by atoms with Gasteiger partial charge in [0.1, 0.15) is 11.9 Å². The summed E-state index contributed by atoms with van der Waals surface area (Å²) in [6.07, 6.45) is 2.97. The minimum atomic E-state index is 0.125. The molecule has 0 radical (unpaired) electrons. The fraction of sp³-hybridized carbons (Fsp3) is 0.600. The molecule has 1 aromatic heterocycles. The van der Waals surface area contributed by atoms with E-state index in [1.54, 1.807) is 6.20 Å². The van der Waals surface area contributed by atoms with Crippen LogP contribution in [0.1, 0.15) is 32.8 Å². The third-order valence-electron chi connectivity index (χ3n) is 4.20. The van der Waals surface area contributed by atoms with Crippen LogP contribution in [0.15, 0.2) is 18.3 Å². The molecule has 1 saturated carbocycles. The first-order valence-electron chi connectivity index (χ1n) is 6.71. The van der Waals surface area contributed by atoms with Gasteiger partial charge in [-0.05, 0) is 25.5 Å². The van der Waals surface area contributed by atoms with Crippen LogP contribution in [0.4, 0.5) is 5.82 Å². The van der Waals surface area contributed by atoms with Gasteiger partial charge in [0.05, 0.1) is 11.7 Å². The largest absolute Gasteiger partial charge is 0.378 e. The van der Waals surface area contributed by atoms with Crippen LogP contribution in [-0.4, -0.2) is 30.8 Å². The van der Waals surface area contributed by atoms with Crippen LogP contribution in [0.3, 0.4) is 0 Å². The van der Waals surface area contributed by atoms with E-state index in [-0.39, 0.29) is 5.41 Å². The van der Waals surface area contributed by atoms with E-state index >= 15 is 0 Å². The number of aromatic nitrogens is 1. The SMILES string of the molecule is CCOC1CC(N(C)c2ccc(C#N)cn2)C1(C)C. The molecule has 2 rings (SSSR count). The Morgan fingerprint density at radius 1 is 1.53 bits per heavy atom. The van der Waals surface area contributed by atoms with Crippen molar-refractivity contribution in [1.82, 2.24) is 4.98 Å². The van der Waals surface area contributed by atoms with E-state index < -0.39 is 0 Å². The van der Waals surface area contributed by atoms with Crippen LogP contribution in [0.5, 0.6) is 0 Å². The van der Waals surface area contributed by atoms with Gasteiger partial charge in [-0.2, -0.15) is 5.26 Å². The van der Waals surface area contributed by atoms with Gasteiger partial charge < -0.3 is 9.64 Å². The number of nitrogens with zero attached hydrogens (tertiary/aromatic N) is 3. The van der Waals surface area contributed by atoms with Gasteiger partial charge >= 0.3 is 0 Å². The second kappa shape index (κ2) is 5.18. The lowest BCUT2D eigenvalue weighted by atomic mass is 9.64. The van der Waals surface area contributed by atoms with Crippen LogP contribution in [0.25, 0.3) is 0 Å². The van der Waals surface area contributed by atoms with Gasteiger partial charge in [-0.1, -0.05) is 13.8 Å². The molecule has 4 heteroatoms. The number of rotatable bonds is 4. The Hall–Kier alpha value is -1.60. The second-order valence-electron chi connectivity index (χ2n) is 5.64. The lowest BCUT2D eigenvalue weighted by Crippen LogP contribution is -2.61. The first kappa shape index (κ1) is 13.8. The molecule has 4 nitrogen and oxygen atoms in total. The highest BCUT2D eigenvalue weighted by Crippen LogP contribution is 2.46. The van der Waals surface area contributed by atoms with Crippen molar-refractivity contribution in [2.45, 2.75) is 39.3 Å². The summed E-state index contributed by atoms with van der Waals surface area (Å²) in [4.78, 5) is 6.54. The minimum Gasteiger partial charge on any atom is -0.378 e. The quantitative estimate of drug-likeness (QED) is 0.834. The predicted molar refractivity (Wildman–Crippen MR) is 75.0 cm³/mol. The molecule has 0 spiro atoms. The van der Waals surface area contributed by atoms with E-state index in [4.69, 9.17) is 10.00 Å². The second-order valence-corrected chi connectivity index (χ2v) is 5.64. The van der Waals surface area contributed by atoms with Crippen LogP contribution >= 0.6 is 0 Å². The van der Waals surface area contributed by atoms with E-state index in [0.29, 0.717) is 17.7 Å². The van der Waals surface area contributed by atoms with Gasteiger partial charge in [-0.15, -0.1) is 0 Å². The standard InChI is InChI=1S/C15H21N3O/c1-5-19-13-8-12(15(13,2)3)18(4)14-7-6-11(9-16)10-17-14/h6-7,10,12-13H,5,8H2,1-4H3. The van der Waals surface area contributed by atoms with Gasteiger partial charge in [0, 0.05) is 31.3 Å². The monoisotopic (exact) mass is 259 g/mol. The topological polar surface area (TPSA) is 49.1 Å². The van der Waals surface area contributed by atoms with Crippen molar-refractivity contribution < 1.29 is 4.74 Å². The van der Waals surface area contributed by atoms with Crippen molar-refractivity contribution in [3.63, 3.8) is 0 Å². The van der Waals surface area contributed by atoms with E-state index in [1.807, 2.05) is 19.1 Å². The molecule has 19 heavy (non-hydrogen) atoms. The maximum absolute atomic E-state index is 8.79. The maximum atomic E-state index is 8.79. The zero-order chi connectivity index (χ0) is 14.0. The smallest absolute Gasteiger partial charge is 0.128 e. The molecule has 0 bridgehead atoms. The van der Waals surface area contributed by atoms with Gasteiger partial charge in [-0.3, -0.25) is 0 Å². The highest BCUT2D eigenvalue weighted by Gasteiger charge is 2.51. The molecule has 1 aliphatic rings. The first-order chi connectivity index (χ1) is 9.00. The molecule has 1 heterocycles. The molecule has 0 amide bonds. The highest BCUT2D eigenvalue weighted by atomic mass is 16.5. The predicted octanol–water partition coefficient (Wildman–Crippen LogP) is 2.59. The summed E-state index contributed by atoms with van der Waals surface area (Å²) < 4.78 is 5.76. The van der Waals surface area contributed by atoms with Crippen molar-refractivity contribution in [3.8, 4) is 6.07 Å². The summed E-state index contributed by atoms with van der Waals surface area (Å²) in [5.41, 5.74) is 0.720. The fourth-order valence-electron chi connectivity index (χ4n) is 2.83. The molecule has 2 unspecified atom stereocenters. The molecular formula is C15H21N3O. The van der Waals surface area contributed by atoms with E-state index in [1.165, 1.54) is 0 Å². The summed E-state index contributed by atoms with van der Waals surface area (Å²) in [6.45, 7) is 7.28. The number of hydrogen-bond acceptors (Lipinski definition) is 4. The van der Waals surface area contributed by atoms with Crippen LogP contribution in [0, 0.1) is 16.7 Å². The number of anilines is 1. The van der Waals surface area contributed by atoms with Crippen molar-refractivity contribution in [2.24, 2.45) is 5.41 Å². The van der Waals surface area contributed by atoms with Crippen molar-refractivity contribution in [3.05, 3.63) is 23.9 Å². The first-order valence-corrected chi connectivity index (χ1v) is 6.71. The van der Waals surface area contributed by atoms with Crippen LogP contribution in [0.2, 0.25) is 0 Å². The molecule has 2 atom stereocenters. The lowest BCUT2D eigenvalue weighted by Gasteiger charge is -2.55. The third kappa shape index (κ3) is 2.43. The highest BCUT2D eigenvalue weighted by molar-refractivity contribution is 5.43. The summed E-state index contributed by atoms with van der Waals surface area (Å²) in [5.74, 6) is 0.909. The zero-order valence-electron chi connectivity index (χ0n) is 12.1. The fourth-order valence-corrected chi connectivity index (χ4v) is 2.83. The van der Waals surface area contributed by atoms with Crippen molar-refractivity contribution in [1.29, 1.82) is 5.26 Å².